The second-order valence-electron chi connectivity index (χ2n) is 11.4. The molecule has 6 heteroatoms. The van der Waals surface area contributed by atoms with Gasteiger partial charge in [0.25, 0.3) is 0 Å². The lowest BCUT2D eigenvalue weighted by atomic mass is 9.83. The highest BCUT2D eigenvalue weighted by atomic mass is 16.6. The number of allylic oxidation sites excluding steroid dienone is 2. The minimum Gasteiger partial charge on any atom is -0.460 e. The average molecular weight is 465 g/mol. The van der Waals surface area contributed by atoms with E-state index >= 15 is 0 Å². The van der Waals surface area contributed by atoms with Crippen molar-refractivity contribution in [1.82, 2.24) is 0 Å². The minimum atomic E-state index is -0.401. The normalized spacial score (nSPS) is 19.8. The summed E-state index contributed by atoms with van der Waals surface area (Å²) in [5.41, 5.74) is 0.426. The molecule has 6 nitrogen and oxygen atoms in total. The van der Waals surface area contributed by atoms with Crippen molar-refractivity contribution in [2.75, 3.05) is 0 Å². The zero-order chi connectivity index (χ0) is 25.2. The third-order valence-electron chi connectivity index (χ3n) is 5.57. The van der Waals surface area contributed by atoms with Gasteiger partial charge in [-0.05, 0) is 105 Å². The summed E-state index contributed by atoms with van der Waals surface area (Å²) in [5.74, 6) is 0.959. The Balaban J connectivity index is 0.000000335. The van der Waals surface area contributed by atoms with Gasteiger partial charge >= 0.3 is 11.9 Å². The van der Waals surface area contributed by atoms with E-state index in [0.717, 1.165) is 38.5 Å². The zero-order valence-electron chi connectivity index (χ0n) is 21.8. The van der Waals surface area contributed by atoms with Crippen LogP contribution in [0, 0.1) is 11.8 Å². The Kier molecular flexibility index (Phi) is 11.5. The highest BCUT2D eigenvalue weighted by Crippen LogP contribution is 2.31. The lowest BCUT2D eigenvalue weighted by Crippen LogP contribution is -2.26. The molecule has 2 rings (SSSR count). The maximum absolute atomic E-state index is 11.7. The lowest BCUT2D eigenvalue weighted by molar-refractivity contribution is -0.157. The molecule has 0 atom stereocenters. The number of carbonyl (C=O) groups excluding carboxylic acids is 4. The van der Waals surface area contributed by atoms with E-state index in [4.69, 9.17) is 9.47 Å². The third kappa shape index (κ3) is 14.7. The largest absolute Gasteiger partial charge is 0.460 e. The molecular formula is C27H44O6. The molecule has 33 heavy (non-hydrogen) atoms. The van der Waals surface area contributed by atoms with Crippen molar-refractivity contribution in [3.05, 3.63) is 11.6 Å². The summed E-state index contributed by atoms with van der Waals surface area (Å²) in [7, 11) is 0. The smallest absolute Gasteiger partial charge is 0.306 e. The second-order valence-corrected chi connectivity index (χ2v) is 11.4. The van der Waals surface area contributed by atoms with Crippen LogP contribution < -0.4 is 0 Å². The van der Waals surface area contributed by atoms with Gasteiger partial charge in [0.15, 0.2) is 5.78 Å². The first-order chi connectivity index (χ1) is 15.1. The molecule has 0 aromatic rings. The van der Waals surface area contributed by atoms with Crippen LogP contribution in [0.25, 0.3) is 0 Å². The molecule has 2 aliphatic rings. The van der Waals surface area contributed by atoms with Gasteiger partial charge in [0.1, 0.15) is 17.0 Å². The fourth-order valence-corrected chi connectivity index (χ4v) is 4.13. The minimum absolute atomic E-state index is 0.105. The van der Waals surface area contributed by atoms with Crippen LogP contribution in [0.1, 0.15) is 113 Å². The van der Waals surface area contributed by atoms with Gasteiger partial charge in [-0.15, -0.1) is 0 Å². The zero-order valence-corrected chi connectivity index (χ0v) is 21.8. The summed E-state index contributed by atoms with van der Waals surface area (Å²) in [6.45, 7) is 12.9. The Bertz CT molecular complexity index is 700. The summed E-state index contributed by atoms with van der Waals surface area (Å²) >= 11 is 0. The fraction of sp³-hybridized carbons (Fsp3) is 0.778. The molecule has 0 N–H and O–H groups in total. The van der Waals surface area contributed by atoms with Crippen molar-refractivity contribution < 1.29 is 28.7 Å². The van der Waals surface area contributed by atoms with E-state index in [1.807, 2.05) is 41.5 Å². The molecule has 0 aromatic heterocycles. The molecule has 0 radical (unpaired) electrons. The van der Waals surface area contributed by atoms with Crippen LogP contribution in [-0.2, 0) is 28.7 Å². The first-order valence-electron chi connectivity index (χ1n) is 12.3. The average Bonchev–Trinajstić information content (AvgIpc) is 2.62. The molecule has 0 heterocycles. The molecular weight excluding hydrogens is 420 g/mol. The Morgan fingerprint density at radius 1 is 0.758 bits per heavy atom. The van der Waals surface area contributed by atoms with Gasteiger partial charge < -0.3 is 9.47 Å². The Hall–Kier alpha value is -1.98. The summed E-state index contributed by atoms with van der Waals surface area (Å²) < 4.78 is 10.6. The van der Waals surface area contributed by atoms with E-state index in [-0.39, 0.29) is 17.7 Å². The lowest BCUT2D eigenvalue weighted by Gasteiger charge is -2.25. The van der Waals surface area contributed by atoms with Crippen LogP contribution in [0.4, 0.5) is 0 Å². The van der Waals surface area contributed by atoms with Crippen molar-refractivity contribution in [1.29, 1.82) is 0 Å². The first-order valence-corrected chi connectivity index (χ1v) is 12.3. The van der Waals surface area contributed by atoms with Gasteiger partial charge in [-0.25, -0.2) is 0 Å². The van der Waals surface area contributed by atoms with Gasteiger partial charge in [-0.3, -0.25) is 19.2 Å². The molecule has 188 valence electrons. The number of ether oxygens (including phenoxy) is 2. The van der Waals surface area contributed by atoms with E-state index < -0.39 is 11.2 Å². The Morgan fingerprint density at radius 2 is 1.12 bits per heavy atom. The predicted octanol–water partition coefficient (Wildman–Crippen LogP) is 5.90. The summed E-state index contributed by atoms with van der Waals surface area (Å²) in [4.78, 5) is 45.2. The molecule has 2 fully saturated rings. The highest BCUT2D eigenvalue weighted by molar-refractivity contribution is 5.88. The summed E-state index contributed by atoms with van der Waals surface area (Å²) in [6.07, 6.45) is 9.51. The van der Waals surface area contributed by atoms with Crippen molar-refractivity contribution in [2.45, 2.75) is 124 Å². The topological polar surface area (TPSA) is 86.7 Å². The third-order valence-corrected chi connectivity index (χ3v) is 5.57. The molecule has 0 aliphatic heterocycles. The van der Waals surface area contributed by atoms with Crippen LogP contribution in [-0.4, -0.2) is 34.7 Å². The van der Waals surface area contributed by atoms with E-state index in [9.17, 15) is 19.2 Å². The van der Waals surface area contributed by atoms with Crippen LogP contribution in [0.15, 0.2) is 11.6 Å². The van der Waals surface area contributed by atoms with Gasteiger partial charge in [-0.1, -0.05) is 5.57 Å². The Labute approximate surface area is 199 Å². The number of hydrogen-bond acceptors (Lipinski definition) is 6. The quantitative estimate of drug-likeness (QED) is 0.372. The molecule has 0 spiro atoms. The Morgan fingerprint density at radius 3 is 1.45 bits per heavy atom. The predicted molar refractivity (Wildman–Crippen MR) is 129 cm³/mol. The molecule has 2 aliphatic carbocycles. The number of rotatable bonds is 5. The van der Waals surface area contributed by atoms with Gasteiger partial charge in [0.05, 0.1) is 0 Å². The molecule has 0 saturated heterocycles. The maximum atomic E-state index is 11.7. The van der Waals surface area contributed by atoms with Crippen LogP contribution in [0.5, 0.6) is 0 Å². The highest BCUT2D eigenvalue weighted by Gasteiger charge is 2.25. The number of hydrogen-bond donors (Lipinski definition) is 0. The van der Waals surface area contributed by atoms with Crippen molar-refractivity contribution >= 4 is 23.5 Å². The van der Waals surface area contributed by atoms with Gasteiger partial charge in [-0.2, -0.15) is 0 Å². The van der Waals surface area contributed by atoms with Crippen molar-refractivity contribution in [3.8, 4) is 0 Å². The fourth-order valence-electron chi connectivity index (χ4n) is 4.13. The molecule has 0 unspecified atom stereocenters. The van der Waals surface area contributed by atoms with Crippen LogP contribution in [0.2, 0.25) is 0 Å². The second kappa shape index (κ2) is 13.0. The van der Waals surface area contributed by atoms with Crippen LogP contribution >= 0.6 is 0 Å². The monoisotopic (exact) mass is 464 g/mol. The maximum Gasteiger partial charge on any atom is 0.306 e. The number of esters is 2. The number of Topliss-reactive ketones (excluding diaryl/α,β-unsaturated/α-hetero) is 1. The number of ketones is 2. The van der Waals surface area contributed by atoms with E-state index in [1.54, 1.807) is 13.0 Å². The van der Waals surface area contributed by atoms with Crippen LogP contribution in [0.3, 0.4) is 0 Å². The summed E-state index contributed by atoms with van der Waals surface area (Å²) in [6, 6.07) is 0. The number of carbonyl (C=O) groups is 4. The molecule has 0 bridgehead atoms. The first kappa shape index (κ1) is 29.1. The molecule has 2 saturated carbocycles. The van der Waals surface area contributed by atoms with E-state index in [2.05, 4.69) is 0 Å². The van der Waals surface area contributed by atoms with Gasteiger partial charge in [0.2, 0.25) is 0 Å². The SMILES string of the molecule is CC(=O)C=C1CCC(CC(=O)OC(C)(C)C)CC1.CC(C)(C)OC(=O)CC1CCC(=O)CC1. The van der Waals surface area contributed by atoms with E-state index in [0.29, 0.717) is 43.3 Å². The van der Waals surface area contributed by atoms with Crippen molar-refractivity contribution in [3.63, 3.8) is 0 Å². The van der Waals surface area contributed by atoms with Crippen molar-refractivity contribution in [2.24, 2.45) is 11.8 Å². The van der Waals surface area contributed by atoms with Gasteiger partial charge in [0, 0.05) is 25.7 Å². The molecule has 0 aromatic carbocycles. The standard InChI is InChI=1S/C15H24O3.C12H20O3/c1-11(16)9-12-5-7-13(8-6-12)10-14(17)18-15(2,3)4;1-12(2,3)15-11(14)8-9-4-6-10(13)7-5-9/h9,13H,5-8,10H2,1-4H3;9H,4-8H2,1-3H3. The molecule has 0 amide bonds. The summed E-state index contributed by atoms with van der Waals surface area (Å²) in [5, 5.41) is 0. The van der Waals surface area contributed by atoms with E-state index in [1.165, 1.54) is 5.57 Å².